The second kappa shape index (κ2) is 7.29. The van der Waals surface area contributed by atoms with Gasteiger partial charge in [-0.1, -0.05) is 24.3 Å². The molecular weight excluding hydrogens is 384 g/mol. The van der Waals surface area contributed by atoms with Gasteiger partial charge in [0.2, 0.25) is 5.43 Å². The minimum atomic E-state index is -0.518. The van der Waals surface area contributed by atoms with Crippen LogP contribution in [-0.4, -0.2) is 10.9 Å². The van der Waals surface area contributed by atoms with Gasteiger partial charge in [-0.2, -0.15) is 0 Å². The molecule has 0 atom stereocenters. The number of thiazole rings is 1. The van der Waals surface area contributed by atoms with Crippen molar-refractivity contribution in [1.82, 2.24) is 4.98 Å². The number of aromatic nitrogens is 1. The van der Waals surface area contributed by atoms with Gasteiger partial charge in [-0.15, -0.1) is 11.3 Å². The number of carbonyl (C=O) groups is 1. The Balaban J connectivity index is 1.40. The van der Waals surface area contributed by atoms with Gasteiger partial charge in [0.1, 0.15) is 17.4 Å². The number of nitrogens with one attached hydrogen (secondary N) is 1. The molecule has 6 heteroatoms. The summed E-state index contributed by atoms with van der Waals surface area (Å²) in [6, 6.07) is 13.3. The van der Waals surface area contributed by atoms with Crippen LogP contribution in [0.25, 0.3) is 22.2 Å². The van der Waals surface area contributed by atoms with Gasteiger partial charge in [0, 0.05) is 10.9 Å². The third-order valence-corrected chi connectivity index (χ3v) is 6.05. The highest BCUT2D eigenvalue weighted by Crippen LogP contribution is 2.29. The molecule has 2 aromatic heterocycles. The zero-order chi connectivity index (χ0) is 19.8. The first-order valence-electron chi connectivity index (χ1n) is 9.58. The number of fused-ring (bicyclic) bond motifs is 2. The first kappa shape index (κ1) is 17.8. The second-order valence-electron chi connectivity index (χ2n) is 7.16. The summed E-state index contributed by atoms with van der Waals surface area (Å²) >= 11 is 1.34. The van der Waals surface area contributed by atoms with Crippen LogP contribution in [0.2, 0.25) is 0 Å². The Bertz CT molecular complexity index is 1290. The fourth-order valence-electron chi connectivity index (χ4n) is 3.76. The Kier molecular flexibility index (Phi) is 4.48. The number of benzene rings is 2. The average Bonchev–Trinajstić information content (AvgIpc) is 3.22. The van der Waals surface area contributed by atoms with E-state index < -0.39 is 5.91 Å². The first-order valence-corrected chi connectivity index (χ1v) is 10.5. The molecule has 5 nitrogen and oxygen atoms in total. The van der Waals surface area contributed by atoms with Crippen molar-refractivity contribution in [3.63, 3.8) is 0 Å². The van der Waals surface area contributed by atoms with Crippen molar-refractivity contribution in [3.05, 3.63) is 81.0 Å². The van der Waals surface area contributed by atoms with Crippen LogP contribution in [0.15, 0.2) is 63.3 Å². The minimum absolute atomic E-state index is 0.0331. The van der Waals surface area contributed by atoms with Crippen LogP contribution < -0.4 is 10.7 Å². The monoisotopic (exact) mass is 402 g/mol. The molecular formula is C23H18N2O3S. The van der Waals surface area contributed by atoms with E-state index in [1.54, 1.807) is 24.3 Å². The maximum absolute atomic E-state index is 12.6. The standard InChI is InChI=1S/C23H18N2O3S/c26-21-17-7-3-4-8-20(17)28-12-18(21)22(27)25-23-24-19(13-29-23)16-10-9-14-5-1-2-6-15(14)11-16/h3-4,7-13H,1-2,5-6H2,(H,24,25,27). The van der Waals surface area contributed by atoms with E-state index in [9.17, 15) is 9.59 Å². The number of aryl methyl sites for hydroxylation is 2. The third-order valence-electron chi connectivity index (χ3n) is 5.29. The van der Waals surface area contributed by atoms with Gasteiger partial charge in [-0.05, 0) is 55.0 Å². The molecule has 0 spiro atoms. The van der Waals surface area contributed by atoms with E-state index in [4.69, 9.17) is 4.42 Å². The molecule has 0 bridgehead atoms. The van der Waals surface area contributed by atoms with E-state index in [0.29, 0.717) is 16.1 Å². The van der Waals surface area contributed by atoms with Crippen molar-refractivity contribution in [2.24, 2.45) is 0 Å². The summed E-state index contributed by atoms with van der Waals surface area (Å²) in [5.41, 5.74) is 4.76. The molecule has 0 unspecified atom stereocenters. The minimum Gasteiger partial charge on any atom is -0.463 e. The van der Waals surface area contributed by atoms with Crippen molar-refractivity contribution in [3.8, 4) is 11.3 Å². The van der Waals surface area contributed by atoms with Gasteiger partial charge >= 0.3 is 0 Å². The van der Waals surface area contributed by atoms with Gasteiger partial charge in [-0.3, -0.25) is 14.9 Å². The molecule has 0 aliphatic heterocycles. The van der Waals surface area contributed by atoms with Crippen LogP contribution >= 0.6 is 11.3 Å². The van der Waals surface area contributed by atoms with Crippen molar-refractivity contribution >= 4 is 33.3 Å². The molecule has 0 saturated heterocycles. The Morgan fingerprint density at radius 3 is 2.79 bits per heavy atom. The van der Waals surface area contributed by atoms with E-state index in [1.165, 1.54) is 41.6 Å². The number of carbonyl (C=O) groups excluding carboxylic acids is 1. The molecule has 144 valence electrons. The summed E-state index contributed by atoms with van der Waals surface area (Å²) in [6.07, 6.45) is 5.93. The molecule has 0 fully saturated rings. The lowest BCUT2D eigenvalue weighted by molar-refractivity contribution is 0.102. The van der Waals surface area contributed by atoms with Gasteiger partial charge in [0.25, 0.3) is 5.91 Å². The smallest absolute Gasteiger partial charge is 0.264 e. The number of rotatable bonds is 3. The maximum atomic E-state index is 12.6. The molecule has 4 aromatic rings. The highest BCUT2D eigenvalue weighted by atomic mass is 32.1. The first-order chi connectivity index (χ1) is 14.2. The topological polar surface area (TPSA) is 72.2 Å². The molecule has 0 saturated carbocycles. The molecule has 1 aliphatic rings. The number of hydrogen-bond acceptors (Lipinski definition) is 5. The molecule has 1 N–H and O–H groups in total. The molecule has 0 radical (unpaired) electrons. The summed E-state index contributed by atoms with van der Waals surface area (Å²) in [5, 5.41) is 5.48. The van der Waals surface area contributed by atoms with Gasteiger partial charge in [-0.25, -0.2) is 4.98 Å². The van der Waals surface area contributed by atoms with Gasteiger partial charge in [0.05, 0.1) is 11.1 Å². The number of nitrogens with zero attached hydrogens (tertiary/aromatic N) is 1. The second-order valence-corrected chi connectivity index (χ2v) is 8.02. The Morgan fingerprint density at radius 2 is 1.90 bits per heavy atom. The van der Waals surface area contributed by atoms with Crippen LogP contribution in [0.1, 0.15) is 34.3 Å². The number of amides is 1. The zero-order valence-corrected chi connectivity index (χ0v) is 16.4. The van der Waals surface area contributed by atoms with E-state index in [-0.39, 0.29) is 11.0 Å². The van der Waals surface area contributed by atoms with Crippen LogP contribution in [0.3, 0.4) is 0 Å². The normalized spacial score (nSPS) is 13.2. The Morgan fingerprint density at radius 1 is 1.07 bits per heavy atom. The van der Waals surface area contributed by atoms with E-state index in [1.807, 2.05) is 5.38 Å². The van der Waals surface area contributed by atoms with E-state index in [2.05, 4.69) is 28.5 Å². The summed E-state index contributed by atoms with van der Waals surface area (Å²) in [6.45, 7) is 0. The predicted molar refractivity (Wildman–Crippen MR) is 115 cm³/mol. The lowest BCUT2D eigenvalue weighted by Crippen LogP contribution is -2.21. The van der Waals surface area contributed by atoms with Crippen molar-refractivity contribution < 1.29 is 9.21 Å². The Labute approximate surface area is 171 Å². The molecule has 29 heavy (non-hydrogen) atoms. The summed E-state index contributed by atoms with van der Waals surface area (Å²) in [5.74, 6) is -0.518. The average molecular weight is 402 g/mol. The SMILES string of the molecule is O=C(Nc1nc(-c2ccc3c(c2)CCCC3)cs1)c1coc2ccccc2c1=O. The van der Waals surface area contributed by atoms with Gasteiger partial charge in [0.15, 0.2) is 5.13 Å². The fourth-order valence-corrected chi connectivity index (χ4v) is 4.47. The maximum Gasteiger partial charge on any atom is 0.264 e. The highest BCUT2D eigenvalue weighted by molar-refractivity contribution is 7.14. The van der Waals surface area contributed by atoms with Crippen molar-refractivity contribution in [2.75, 3.05) is 5.32 Å². The largest absolute Gasteiger partial charge is 0.463 e. The van der Waals surface area contributed by atoms with Crippen LogP contribution in [0.4, 0.5) is 5.13 Å². The molecule has 2 heterocycles. The predicted octanol–water partition coefficient (Wildman–Crippen LogP) is 5.05. The van der Waals surface area contributed by atoms with Crippen molar-refractivity contribution in [1.29, 1.82) is 0 Å². The number of para-hydroxylation sites is 1. The lowest BCUT2D eigenvalue weighted by Gasteiger charge is -2.16. The fraction of sp³-hybridized carbons (Fsp3) is 0.174. The summed E-state index contributed by atoms with van der Waals surface area (Å²) in [7, 11) is 0. The number of anilines is 1. The Hall–Kier alpha value is -3.25. The third kappa shape index (κ3) is 3.36. The summed E-state index contributed by atoms with van der Waals surface area (Å²) in [4.78, 5) is 29.7. The zero-order valence-electron chi connectivity index (χ0n) is 15.6. The molecule has 2 aromatic carbocycles. The van der Waals surface area contributed by atoms with Gasteiger partial charge < -0.3 is 4.42 Å². The van der Waals surface area contributed by atoms with Crippen LogP contribution in [0.5, 0.6) is 0 Å². The summed E-state index contributed by atoms with van der Waals surface area (Å²) < 4.78 is 5.43. The quantitative estimate of drug-likeness (QED) is 0.521. The highest BCUT2D eigenvalue weighted by Gasteiger charge is 2.17. The van der Waals surface area contributed by atoms with E-state index in [0.717, 1.165) is 24.1 Å². The van der Waals surface area contributed by atoms with E-state index >= 15 is 0 Å². The van der Waals surface area contributed by atoms with Crippen molar-refractivity contribution in [2.45, 2.75) is 25.7 Å². The molecule has 5 rings (SSSR count). The lowest BCUT2D eigenvalue weighted by atomic mass is 9.90. The molecule has 1 aliphatic carbocycles. The number of hydrogen-bond donors (Lipinski definition) is 1. The van der Waals surface area contributed by atoms with Crippen LogP contribution in [0, 0.1) is 0 Å². The molecule has 1 amide bonds. The van der Waals surface area contributed by atoms with Crippen LogP contribution in [-0.2, 0) is 12.8 Å².